The fourth-order valence-electron chi connectivity index (χ4n) is 2.92. The summed E-state index contributed by atoms with van der Waals surface area (Å²) in [6.45, 7) is 2.04. The molecule has 0 atom stereocenters. The average molecular weight is 275 g/mol. The molecule has 1 aliphatic carbocycles. The average Bonchev–Trinajstić information content (AvgIpc) is 2.41. The fourth-order valence-corrected chi connectivity index (χ4v) is 3.09. The van der Waals surface area contributed by atoms with Crippen LogP contribution in [0, 0.1) is 6.92 Å². The zero-order valence-corrected chi connectivity index (χ0v) is 12.0. The molecule has 1 N–H and O–H groups in total. The van der Waals surface area contributed by atoms with Crippen LogP contribution in [0.3, 0.4) is 0 Å². The molecule has 2 nitrogen and oxygen atoms in total. The van der Waals surface area contributed by atoms with Crippen molar-refractivity contribution >= 4 is 28.2 Å². The number of fused-ring (bicyclic) bond motifs is 1. The van der Waals surface area contributed by atoms with E-state index in [4.69, 9.17) is 11.6 Å². The van der Waals surface area contributed by atoms with E-state index in [1.54, 1.807) is 0 Å². The highest BCUT2D eigenvalue weighted by molar-refractivity contribution is 6.31. The standard InChI is InChI=1S/C16H19ClN2/c1-11-9-16(19-13-5-3-2-4-6-13)14-10-12(17)7-8-15(14)18-11/h7-10,13H,2-6H2,1H3,(H,18,19). The monoisotopic (exact) mass is 274 g/mol. The molecule has 1 fully saturated rings. The molecule has 100 valence electrons. The largest absolute Gasteiger partial charge is 0.382 e. The van der Waals surface area contributed by atoms with Gasteiger partial charge in [0.1, 0.15) is 0 Å². The second-order valence-corrected chi connectivity index (χ2v) is 5.89. The number of nitrogens with zero attached hydrogens (tertiary/aromatic N) is 1. The summed E-state index contributed by atoms with van der Waals surface area (Å²) in [6.07, 6.45) is 6.58. The number of hydrogen-bond acceptors (Lipinski definition) is 2. The lowest BCUT2D eigenvalue weighted by Gasteiger charge is -2.24. The number of hydrogen-bond donors (Lipinski definition) is 1. The molecule has 0 amide bonds. The Kier molecular flexibility index (Phi) is 3.61. The van der Waals surface area contributed by atoms with Gasteiger partial charge in [0.15, 0.2) is 0 Å². The smallest absolute Gasteiger partial charge is 0.0726 e. The van der Waals surface area contributed by atoms with E-state index >= 15 is 0 Å². The van der Waals surface area contributed by atoms with Gasteiger partial charge in [-0.3, -0.25) is 4.98 Å². The van der Waals surface area contributed by atoms with Gasteiger partial charge < -0.3 is 5.32 Å². The first-order chi connectivity index (χ1) is 9.22. The lowest BCUT2D eigenvalue weighted by molar-refractivity contribution is 0.463. The topological polar surface area (TPSA) is 24.9 Å². The zero-order chi connectivity index (χ0) is 13.2. The molecule has 1 aromatic carbocycles. The van der Waals surface area contributed by atoms with Gasteiger partial charge in [-0.15, -0.1) is 0 Å². The number of pyridine rings is 1. The number of rotatable bonds is 2. The minimum atomic E-state index is 0.595. The first-order valence-corrected chi connectivity index (χ1v) is 7.43. The van der Waals surface area contributed by atoms with Crippen molar-refractivity contribution < 1.29 is 0 Å². The Morgan fingerprint density at radius 1 is 1.16 bits per heavy atom. The number of anilines is 1. The van der Waals surface area contributed by atoms with E-state index in [0.29, 0.717) is 6.04 Å². The molecular weight excluding hydrogens is 256 g/mol. The highest BCUT2D eigenvalue weighted by Crippen LogP contribution is 2.29. The van der Waals surface area contributed by atoms with Gasteiger partial charge in [-0.25, -0.2) is 0 Å². The molecule has 0 bridgehead atoms. The van der Waals surface area contributed by atoms with Crippen molar-refractivity contribution in [1.82, 2.24) is 4.98 Å². The predicted octanol–water partition coefficient (Wildman–Crippen LogP) is 4.94. The number of nitrogens with one attached hydrogen (secondary N) is 1. The third-order valence-corrected chi connectivity index (χ3v) is 4.10. The summed E-state index contributed by atoms with van der Waals surface area (Å²) in [5.74, 6) is 0. The van der Waals surface area contributed by atoms with Gasteiger partial charge in [-0.2, -0.15) is 0 Å². The van der Waals surface area contributed by atoms with Crippen molar-refractivity contribution in [1.29, 1.82) is 0 Å². The molecule has 19 heavy (non-hydrogen) atoms. The summed E-state index contributed by atoms with van der Waals surface area (Å²) in [4.78, 5) is 4.57. The number of halogens is 1. The molecule has 1 saturated carbocycles. The highest BCUT2D eigenvalue weighted by Gasteiger charge is 2.14. The Hall–Kier alpha value is -1.28. The Labute approximate surface area is 119 Å². The normalized spacial score (nSPS) is 16.7. The van der Waals surface area contributed by atoms with Crippen LogP contribution in [-0.4, -0.2) is 11.0 Å². The second-order valence-electron chi connectivity index (χ2n) is 5.45. The van der Waals surface area contributed by atoms with Crippen LogP contribution >= 0.6 is 11.6 Å². The summed E-state index contributed by atoms with van der Waals surface area (Å²) < 4.78 is 0. The van der Waals surface area contributed by atoms with E-state index in [2.05, 4.69) is 16.4 Å². The first-order valence-electron chi connectivity index (χ1n) is 7.06. The molecule has 2 aromatic rings. The Morgan fingerprint density at radius 2 is 1.95 bits per heavy atom. The summed E-state index contributed by atoms with van der Waals surface area (Å²) in [6, 6.07) is 8.64. The van der Waals surface area contributed by atoms with E-state index in [-0.39, 0.29) is 0 Å². The quantitative estimate of drug-likeness (QED) is 0.839. The van der Waals surface area contributed by atoms with E-state index < -0.39 is 0 Å². The number of benzene rings is 1. The van der Waals surface area contributed by atoms with Crippen molar-refractivity contribution in [3.8, 4) is 0 Å². The van der Waals surface area contributed by atoms with Gasteiger partial charge in [-0.05, 0) is 44.0 Å². The molecule has 1 aliphatic rings. The number of aromatic nitrogens is 1. The lowest BCUT2D eigenvalue weighted by Crippen LogP contribution is -2.22. The maximum Gasteiger partial charge on any atom is 0.0726 e. The summed E-state index contributed by atoms with van der Waals surface area (Å²) in [7, 11) is 0. The van der Waals surface area contributed by atoms with Crippen LogP contribution in [0.5, 0.6) is 0 Å². The van der Waals surface area contributed by atoms with Crippen molar-refractivity contribution in [3.05, 3.63) is 35.0 Å². The van der Waals surface area contributed by atoms with Crippen LogP contribution in [0.4, 0.5) is 5.69 Å². The highest BCUT2D eigenvalue weighted by atomic mass is 35.5. The van der Waals surface area contributed by atoms with E-state index in [9.17, 15) is 0 Å². The zero-order valence-electron chi connectivity index (χ0n) is 11.2. The molecule has 0 aliphatic heterocycles. The van der Waals surface area contributed by atoms with Gasteiger partial charge in [-0.1, -0.05) is 30.9 Å². The van der Waals surface area contributed by atoms with Crippen LogP contribution in [0.25, 0.3) is 10.9 Å². The molecule has 0 unspecified atom stereocenters. The molecule has 1 heterocycles. The molecule has 1 aromatic heterocycles. The number of aryl methyl sites for hydroxylation is 1. The van der Waals surface area contributed by atoms with Gasteiger partial charge in [0, 0.05) is 27.8 Å². The Balaban J connectivity index is 1.98. The van der Waals surface area contributed by atoms with Gasteiger partial charge >= 0.3 is 0 Å². The Bertz CT molecular complexity index is 589. The SMILES string of the molecule is Cc1cc(NC2CCCCC2)c2cc(Cl)ccc2n1. The van der Waals surface area contributed by atoms with Crippen molar-refractivity contribution in [2.45, 2.75) is 45.1 Å². The molecule has 0 spiro atoms. The van der Waals surface area contributed by atoms with Crippen LogP contribution in [0.15, 0.2) is 24.3 Å². The van der Waals surface area contributed by atoms with Crippen LogP contribution in [0.1, 0.15) is 37.8 Å². The van der Waals surface area contributed by atoms with Crippen molar-refractivity contribution in [2.75, 3.05) is 5.32 Å². The van der Waals surface area contributed by atoms with Crippen LogP contribution in [-0.2, 0) is 0 Å². The third kappa shape index (κ3) is 2.84. The molecule has 3 heteroatoms. The van der Waals surface area contributed by atoms with Crippen LogP contribution in [0.2, 0.25) is 5.02 Å². The second kappa shape index (κ2) is 5.38. The summed E-state index contributed by atoms with van der Waals surface area (Å²) in [5, 5.41) is 5.59. The molecule has 0 radical (unpaired) electrons. The minimum Gasteiger partial charge on any atom is -0.382 e. The predicted molar refractivity (Wildman–Crippen MR) is 82.0 cm³/mol. The van der Waals surface area contributed by atoms with Gasteiger partial charge in [0.05, 0.1) is 5.52 Å². The lowest BCUT2D eigenvalue weighted by atomic mass is 9.95. The minimum absolute atomic E-state index is 0.595. The summed E-state index contributed by atoms with van der Waals surface area (Å²) >= 11 is 6.12. The fraction of sp³-hybridized carbons (Fsp3) is 0.438. The maximum absolute atomic E-state index is 6.12. The third-order valence-electron chi connectivity index (χ3n) is 3.86. The van der Waals surface area contributed by atoms with Crippen molar-refractivity contribution in [2.24, 2.45) is 0 Å². The van der Waals surface area contributed by atoms with Gasteiger partial charge in [0.25, 0.3) is 0 Å². The van der Waals surface area contributed by atoms with E-state index in [1.165, 1.54) is 37.8 Å². The van der Waals surface area contributed by atoms with Crippen LogP contribution < -0.4 is 5.32 Å². The van der Waals surface area contributed by atoms with Crippen molar-refractivity contribution in [3.63, 3.8) is 0 Å². The first kappa shape index (κ1) is 12.7. The molecule has 3 rings (SSSR count). The summed E-state index contributed by atoms with van der Waals surface area (Å²) in [5.41, 5.74) is 3.24. The maximum atomic E-state index is 6.12. The molecular formula is C16H19ClN2. The van der Waals surface area contributed by atoms with E-state index in [0.717, 1.165) is 21.6 Å². The molecule has 0 saturated heterocycles. The Morgan fingerprint density at radius 3 is 2.74 bits per heavy atom. The van der Waals surface area contributed by atoms with Gasteiger partial charge in [0.2, 0.25) is 0 Å². The van der Waals surface area contributed by atoms with E-state index in [1.807, 2.05) is 25.1 Å².